The summed E-state index contributed by atoms with van der Waals surface area (Å²) in [5.41, 5.74) is 1.14. The molecule has 3 rings (SSSR count). The highest BCUT2D eigenvalue weighted by atomic mass is 79.9. The molecule has 1 N–H and O–H groups in total. The molecule has 0 atom stereocenters. The number of rotatable bonds is 4. The highest BCUT2D eigenvalue weighted by molar-refractivity contribution is 9.10. The Morgan fingerprint density at radius 3 is 2.65 bits per heavy atom. The van der Waals surface area contributed by atoms with Crippen LogP contribution in [0, 0.1) is 0 Å². The average Bonchev–Trinajstić information content (AvgIpc) is 2.93. The topological polar surface area (TPSA) is 64.6 Å². The van der Waals surface area contributed by atoms with Gasteiger partial charge >= 0.3 is 5.97 Å². The van der Waals surface area contributed by atoms with Gasteiger partial charge in [0.1, 0.15) is 4.32 Å². The van der Waals surface area contributed by atoms with E-state index in [-0.39, 0.29) is 11.7 Å². The number of benzene rings is 2. The molecule has 1 aliphatic rings. The lowest BCUT2D eigenvalue weighted by molar-refractivity contribution is -0.115. The summed E-state index contributed by atoms with van der Waals surface area (Å²) in [6, 6.07) is 12.0. The van der Waals surface area contributed by atoms with Gasteiger partial charge in [0.2, 0.25) is 0 Å². The van der Waals surface area contributed by atoms with Crippen molar-refractivity contribution in [1.29, 1.82) is 0 Å². The van der Waals surface area contributed by atoms with Gasteiger partial charge in [-0.2, -0.15) is 0 Å². The van der Waals surface area contributed by atoms with Gasteiger partial charge in [-0.25, -0.2) is 4.79 Å². The molecule has 1 heterocycles. The Balaban J connectivity index is 1.85. The molecule has 0 aromatic heterocycles. The molecule has 2 aromatic carbocycles. The molecule has 1 aliphatic heterocycles. The van der Waals surface area contributed by atoms with Gasteiger partial charge < -0.3 is 14.8 Å². The van der Waals surface area contributed by atoms with E-state index in [2.05, 4.69) is 21.2 Å². The maximum absolute atomic E-state index is 12.4. The van der Waals surface area contributed by atoms with Crippen molar-refractivity contribution in [3.63, 3.8) is 0 Å². The van der Waals surface area contributed by atoms with Gasteiger partial charge in [-0.15, -0.1) is 0 Å². The van der Waals surface area contributed by atoms with Gasteiger partial charge in [-0.05, 0) is 51.8 Å². The van der Waals surface area contributed by atoms with Crippen LogP contribution in [0.15, 0.2) is 51.8 Å². The average molecular weight is 450 g/mol. The van der Waals surface area contributed by atoms with E-state index in [1.165, 1.54) is 18.9 Å². The Morgan fingerprint density at radius 1 is 1.23 bits per heavy atom. The Morgan fingerprint density at radius 2 is 2.00 bits per heavy atom. The molecule has 5 nitrogen and oxygen atoms in total. The van der Waals surface area contributed by atoms with Crippen molar-refractivity contribution in [2.75, 3.05) is 7.11 Å². The van der Waals surface area contributed by atoms with Crippen molar-refractivity contribution >= 4 is 62.2 Å². The molecule has 0 bridgehead atoms. The van der Waals surface area contributed by atoms with Gasteiger partial charge in [0.05, 0.1) is 17.6 Å². The van der Waals surface area contributed by atoms with Crippen LogP contribution < -0.4 is 14.8 Å². The Labute approximate surface area is 167 Å². The van der Waals surface area contributed by atoms with Crippen molar-refractivity contribution in [2.24, 2.45) is 0 Å². The second-order valence-electron chi connectivity index (χ2n) is 5.13. The van der Waals surface area contributed by atoms with E-state index in [1.54, 1.807) is 42.5 Å². The van der Waals surface area contributed by atoms with Gasteiger partial charge in [0, 0.05) is 4.47 Å². The van der Waals surface area contributed by atoms with Crippen LogP contribution in [0.25, 0.3) is 6.08 Å². The number of carbonyl (C=O) groups excluding carboxylic acids is 2. The number of amides is 1. The minimum atomic E-state index is -0.502. The van der Waals surface area contributed by atoms with Gasteiger partial charge in [0.25, 0.3) is 5.91 Å². The van der Waals surface area contributed by atoms with Crippen molar-refractivity contribution in [2.45, 2.75) is 0 Å². The number of thioether (sulfide) groups is 1. The predicted octanol–water partition coefficient (Wildman–Crippen LogP) is 4.17. The molecule has 1 saturated heterocycles. The van der Waals surface area contributed by atoms with Crippen molar-refractivity contribution < 1.29 is 19.1 Å². The van der Waals surface area contributed by atoms with Crippen molar-refractivity contribution in [3.05, 3.63) is 63.0 Å². The summed E-state index contributed by atoms with van der Waals surface area (Å²) in [4.78, 5) is 24.6. The van der Waals surface area contributed by atoms with E-state index in [9.17, 15) is 9.59 Å². The molecule has 0 radical (unpaired) electrons. The minimum absolute atomic E-state index is 0.233. The first-order valence-electron chi connectivity index (χ1n) is 7.37. The molecule has 0 aliphatic carbocycles. The third-order valence-electron chi connectivity index (χ3n) is 3.42. The molecule has 1 amide bonds. The van der Waals surface area contributed by atoms with Crippen LogP contribution in [-0.2, 0) is 4.79 Å². The summed E-state index contributed by atoms with van der Waals surface area (Å²) in [5.74, 6) is -0.0680. The second-order valence-corrected chi connectivity index (χ2v) is 7.71. The first kappa shape index (κ1) is 18.6. The Kier molecular flexibility index (Phi) is 5.75. The molecule has 0 unspecified atom stereocenters. The van der Waals surface area contributed by atoms with Crippen LogP contribution in [0.5, 0.6) is 11.5 Å². The lowest BCUT2D eigenvalue weighted by Crippen LogP contribution is -2.17. The third-order valence-corrected chi connectivity index (χ3v) is 5.28. The number of methoxy groups -OCH3 is 1. The molecule has 0 spiro atoms. The molecule has 0 saturated carbocycles. The maximum Gasteiger partial charge on any atom is 0.344 e. The first-order valence-corrected chi connectivity index (χ1v) is 9.39. The highest BCUT2D eigenvalue weighted by Crippen LogP contribution is 2.32. The van der Waals surface area contributed by atoms with E-state index in [0.717, 1.165) is 5.56 Å². The minimum Gasteiger partial charge on any atom is -0.493 e. The van der Waals surface area contributed by atoms with Crippen LogP contribution in [0.2, 0.25) is 0 Å². The number of thiocarbonyl (C=S) groups is 1. The standard InChI is InChI=1S/C18H12BrNO4S2/c1-23-14-8-10(9-15-16(21)20-18(25)26-15)6-7-13(14)24-17(22)11-4-2-3-5-12(11)19/h2-9H,1H3,(H,20,21,25)/b15-9+. The van der Waals surface area contributed by atoms with Crippen molar-refractivity contribution in [3.8, 4) is 11.5 Å². The number of esters is 1. The van der Waals surface area contributed by atoms with Crippen LogP contribution in [0.1, 0.15) is 15.9 Å². The Hall–Kier alpha value is -2.16. The lowest BCUT2D eigenvalue weighted by Gasteiger charge is -2.11. The predicted molar refractivity (Wildman–Crippen MR) is 108 cm³/mol. The second kappa shape index (κ2) is 8.03. The van der Waals surface area contributed by atoms with Crippen LogP contribution in [0.3, 0.4) is 0 Å². The zero-order chi connectivity index (χ0) is 18.7. The van der Waals surface area contributed by atoms with Crippen LogP contribution >= 0.6 is 39.9 Å². The van der Waals surface area contributed by atoms with Crippen molar-refractivity contribution in [1.82, 2.24) is 5.32 Å². The lowest BCUT2D eigenvalue weighted by atomic mass is 10.2. The molecular weight excluding hydrogens is 438 g/mol. The fourth-order valence-corrected chi connectivity index (χ4v) is 3.70. The third kappa shape index (κ3) is 4.14. The van der Waals surface area contributed by atoms with E-state index >= 15 is 0 Å². The molecular formula is C18H12BrNO4S2. The number of nitrogens with one attached hydrogen (secondary N) is 1. The van der Waals surface area contributed by atoms with Gasteiger partial charge in [-0.3, -0.25) is 4.79 Å². The quantitative estimate of drug-likeness (QED) is 0.327. The maximum atomic E-state index is 12.4. The monoisotopic (exact) mass is 449 g/mol. The summed E-state index contributed by atoms with van der Waals surface area (Å²) in [7, 11) is 1.48. The molecule has 1 fully saturated rings. The largest absolute Gasteiger partial charge is 0.493 e. The zero-order valence-corrected chi connectivity index (χ0v) is 16.7. The van der Waals surface area contributed by atoms with Crippen LogP contribution in [0.4, 0.5) is 0 Å². The van der Waals surface area contributed by atoms with E-state index in [1.807, 2.05) is 6.07 Å². The number of halogens is 1. The fourth-order valence-electron chi connectivity index (χ4n) is 2.21. The Bertz CT molecular complexity index is 943. The first-order chi connectivity index (χ1) is 12.5. The SMILES string of the molecule is COc1cc(/C=C2/SC(=S)NC2=O)ccc1OC(=O)c1ccccc1Br. The zero-order valence-electron chi connectivity index (χ0n) is 13.4. The normalized spacial score (nSPS) is 15.1. The summed E-state index contributed by atoms with van der Waals surface area (Å²) in [6.07, 6.45) is 1.70. The summed E-state index contributed by atoms with van der Waals surface area (Å²) >= 11 is 9.49. The van der Waals surface area contributed by atoms with Gasteiger partial charge in [-0.1, -0.05) is 42.2 Å². The number of carbonyl (C=O) groups is 2. The van der Waals surface area contributed by atoms with Crippen LogP contribution in [-0.4, -0.2) is 23.3 Å². The number of hydrogen-bond acceptors (Lipinski definition) is 6. The fraction of sp³-hybridized carbons (Fsp3) is 0.0556. The molecule has 8 heteroatoms. The van der Waals surface area contributed by atoms with E-state index < -0.39 is 5.97 Å². The summed E-state index contributed by atoms with van der Waals surface area (Å²) in [6.45, 7) is 0. The number of ether oxygens (including phenoxy) is 2. The molecule has 132 valence electrons. The molecule has 26 heavy (non-hydrogen) atoms. The number of hydrogen-bond donors (Lipinski definition) is 1. The van der Waals surface area contributed by atoms with Gasteiger partial charge in [0.15, 0.2) is 11.5 Å². The molecule has 2 aromatic rings. The summed E-state index contributed by atoms with van der Waals surface area (Å²) < 4.78 is 11.8. The van der Waals surface area contributed by atoms with E-state index in [4.69, 9.17) is 21.7 Å². The van der Waals surface area contributed by atoms with E-state index in [0.29, 0.717) is 25.0 Å². The highest BCUT2D eigenvalue weighted by Gasteiger charge is 2.22. The summed E-state index contributed by atoms with van der Waals surface area (Å²) in [5, 5.41) is 2.56. The smallest absolute Gasteiger partial charge is 0.344 e.